The predicted molar refractivity (Wildman–Crippen MR) is 78.8 cm³/mol. The molecule has 1 heterocycles. The molecule has 3 heteroatoms. The second kappa shape index (κ2) is 5.21. The van der Waals surface area contributed by atoms with Crippen LogP contribution in [-0.4, -0.2) is 25.7 Å². The molecule has 0 bridgehead atoms. The lowest BCUT2D eigenvalue weighted by atomic mass is 9.62. The maximum absolute atomic E-state index is 12.3. The fraction of sp³-hybridized carbons (Fsp3) is 0.588. The third kappa shape index (κ3) is 1.96. The average Bonchev–Trinajstić information content (AvgIpc) is 2.89. The first-order valence-corrected chi connectivity index (χ1v) is 7.66. The summed E-state index contributed by atoms with van der Waals surface area (Å²) in [7, 11) is 0. The highest BCUT2D eigenvalue weighted by Gasteiger charge is 2.51. The highest BCUT2D eigenvalue weighted by molar-refractivity contribution is 5.76. The number of nitrogens with one attached hydrogen (secondary N) is 1. The Morgan fingerprint density at radius 1 is 1.45 bits per heavy atom. The Labute approximate surface area is 120 Å². The summed E-state index contributed by atoms with van der Waals surface area (Å²) in [5.41, 5.74) is 2.72. The summed E-state index contributed by atoms with van der Waals surface area (Å²) in [6.07, 6.45) is 2.22. The number of carbonyl (C=O) groups excluding carboxylic acids is 1. The van der Waals surface area contributed by atoms with Gasteiger partial charge in [-0.05, 0) is 36.8 Å². The lowest BCUT2D eigenvalue weighted by molar-refractivity contribution is -0.149. The third-order valence-electron chi connectivity index (χ3n) is 5.08. The van der Waals surface area contributed by atoms with E-state index in [0.717, 1.165) is 25.9 Å². The van der Waals surface area contributed by atoms with Crippen LogP contribution in [0.25, 0.3) is 0 Å². The number of carbonyl (C=O) groups is 1. The van der Waals surface area contributed by atoms with Gasteiger partial charge in [0, 0.05) is 18.5 Å². The van der Waals surface area contributed by atoms with E-state index in [9.17, 15) is 4.79 Å². The molecule has 0 amide bonds. The van der Waals surface area contributed by atoms with E-state index in [1.54, 1.807) is 0 Å². The van der Waals surface area contributed by atoms with Crippen LogP contribution in [0.1, 0.15) is 43.7 Å². The minimum Gasteiger partial charge on any atom is -0.466 e. The van der Waals surface area contributed by atoms with Crippen molar-refractivity contribution >= 4 is 5.97 Å². The Morgan fingerprint density at radius 2 is 2.25 bits per heavy atom. The van der Waals surface area contributed by atoms with Gasteiger partial charge in [-0.2, -0.15) is 0 Å². The lowest BCUT2D eigenvalue weighted by Crippen LogP contribution is -2.43. The van der Waals surface area contributed by atoms with Crippen molar-refractivity contribution in [2.24, 2.45) is 5.92 Å². The van der Waals surface area contributed by atoms with Crippen molar-refractivity contribution in [1.29, 1.82) is 0 Å². The summed E-state index contributed by atoms with van der Waals surface area (Å²) in [6, 6.07) is 8.64. The summed E-state index contributed by atoms with van der Waals surface area (Å²) < 4.78 is 5.32. The molecule has 108 valence electrons. The molecule has 3 atom stereocenters. The summed E-state index contributed by atoms with van der Waals surface area (Å²) >= 11 is 0. The zero-order valence-electron chi connectivity index (χ0n) is 12.3. The van der Waals surface area contributed by atoms with Crippen molar-refractivity contribution in [2.75, 3.05) is 19.7 Å². The molecule has 1 aromatic rings. The molecule has 1 N–H and O–H groups in total. The fourth-order valence-electron chi connectivity index (χ4n) is 4.00. The molecule has 0 radical (unpaired) electrons. The van der Waals surface area contributed by atoms with Gasteiger partial charge in [-0.3, -0.25) is 4.79 Å². The molecular formula is C17H23NO2. The highest BCUT2D eigenvalue weighted by atomic mass is 16.5. The van der Waals surface area contributed by atoms with Gasteiger partial charge < -0.3 is 10.1 Å². The van der Waals surface area contributed by atoms with E-state index in [1.807, 2.05) is 6.92 Å². The van der Waals surface area contributed by atoms with Crippen LogP contribution in [0.3, 0.4) is 0 Å². The lowest BCUT2D eigenvalue weighted by Gasteiger charge is -2.41. The SMILES string of the molecule is CCOC(=O)C1CNCC12CCC(C)c1ccccc12. The van der Waals surface area contributed by atoms with Crippen LogP contribution in [0.5, 0.6) is 0 Å². The Morgan fingerprint density at radius 3 is 3.05 bits per heavy atom. The molecule has 1 aliphatic carbocycles. The van der Waals surface area contributed by atoms with Gasteiger partial charge in [0.15, 0.2) is 0 Å². The standard InChI is InChI=1S/C17H23NO2/c1-3-20-16(19)15-10-18-11-17(15)9-8-12(2)13-6-4-5-7-14(13)17/h4-7,12,15,18H,3,8-11H2,1-2H3. The van der Waals surface area contributed by atoms with Gasteiger partial charge in [0.2, 0.25) is 0 Å². The molecule has 3 unspecified atom stereocenters. The van der Waals surface area contributed by atoms with E-state index < -0.39 is 0 Å². The zero-order valence-corrected chi connectivity index (χ0v) is 12.3. The summed E-state index contributed by atoms with van der Waals surface area (Å²) in [4.78, 5) is 12.3. The number of rotatable bonds is 2. The van der Waals surface area contributed by atoms with Crippen molar-refractivity contribution < 1.29 is 9.53 Å². The minimum absolute atomic E-state index is 0.0399. The van der Waals surface area contributed by atoms with Gasteiger partial charge in [-0.25, -0.2) is 0 Å². The molecule has 1 spiro atoms. The largest absolute Gasteiger partial charge is 0.466 e. The summed E-state index contributed by atoms with van der Waals surface area (Å²) in [6.45, 7) is 6.25. The van der Waals surface area contributed by atoms with E-state index >= 15 is 0 Å². The van der Waals surface area contributed by atoms with Crippen LogP contribution in [0.4, 0.5) is 0 Å². The quantitative estimate of drug-likeness (QED) is 0.842. The molecule has 1 aliphatic heterocycles. The van der Waals surface area contributed by atoms with Gasteiger partial charge in [0.25, 0.3) is 0 Å². The Balaban J connectivity index is 2.03. The molecule has 20 heavy (non-hydrogen) atoms. The number of hydrogen-bond acceptors (Lipinski definition) is 3. The maximum Gasteiger partial charge on any atom is 0.311 e. The Bertz CT molecular complexity index is 513. The number of benzene rings is 1. The summed E-state index contributed by atoms with van der Waals surface area (Å²) in [5.74, 6) is 0.498. The van der Waals surface area contributed by atoms with E-state index in [0.29, 0.717) is 12.5 Å². The van der Waals surface area contributed by atoms with Gasteiger partial charge in [-0.1, -0.05) is 31.2 Å². The van der Waals surface area contributed by atoms with Crippen molar-refractivity contribution in [3.8, 4) is 0 Å². The molecule has 2 aliphatic rings. The molecule has 0 aromatic heterocycles. The number of hydrogen-bond donors (Lipinski definition) is 1. The normalized spacial score (nSPS) is 32.1. The second-order valence-electron chi connectivity index (χ2n) is 6.12. The predicted octanol–water partition coefficient (Wildman–Crippen LogP) is 2.60. The van der Waals surface area contributed by atoms with E-state index in [1.165, 1.54) is 11.1 Å². The van der Waals surface area contributed by atoms with E-state index in [2.05, 4.69) is 36.5 Å². The smallest absolute Gasteiger partial charge is 0.311 e. The third-order valence-corrected chi connectivity index (χ3v) is 5.08. The fourth-order valence-corrected chi connectivity index (χ4v) is 4.00. The van der Waals surface area contributed by atoms with Gasteiger partial charge in [0.1, 0.15) is 0 Å². The first-order chi connectivity index (χ1) is 9.69. The topological polar surface area (TPSA) is 38.3 Å². The minimum atomic E-state index is -0.0602. The molecule has 3 nitrogen and oxygen atoms in total. The van der Waals surface area contributed by atoms with Crippen LogP contribution in [0, 0.1) is 5.92 Å². The summed E-state index contributed by atoms with van der Waals surface area (Å²) in [5, 5.41) is 3.43. The molecule has 1 saturated heterocycles. The van der Waals surface area contributed by atoms with Crippen molar-refractivity contribution in [3.63, 3.8) is 0 Å². The van der Waals surface area contributed by atoms with Gasteiger partial charge >= 0.3 is 5.97 Å². The van der Waals surface area contributed by atoms with E-state index in [-0.39, 0.29) is 17.3 Å². The molecule has 0 saturated carbocycles. The molecule has 3 rings (SSSR count). The maximum atomic E-state index is 12.3. The van der Waals surface area contributed by atoms with Crippen LogP contribution in [0.2, 0.25) is 0 Å². The van der Waals surface area contributed by atoms with Gasteiger partial charge in [0.05, 0.1) is 12.5 Å². The first-order valence-electron chi connectivity index (χ1n) is 7.66. The van der Waals surface area contributed by atoms with Crippen LogP contribution in [0.15, 0.2) is 24.3 Å². The first kappa shape index (κ1) is 13.6. The van der Waals surface area contributed by atoms with Crippen molar-refractivity contribution in [3.05, 3.63) is 35.4 Å². The van der Waals surface area contributed by atoms with Crippen molar-refractivity contribution in [1.82, 2.24) is 5.32 Å². The average molecular weight is 273 g/mol. The van der Waals surface area contributed by atoms with Crippen LogP contribution < -0.4 is 5.32 Å². The van der Waals surface area contributed by atoms with Crippen LogP contribution >= 0.6 is 0 Å². The number of fused-ring (bicyclic) bond motifs is 2. The molecular weight excluding hydrogens is 250 g/mol. The monoisotopic (exact) mass is 273 g/mol. The highest BCUT2D eigenvalue weighted by Crippen LogP contribution is 2.48. The molecule has 1 aromatic carbocycles. The number of esters is 1. The second-order valence-corrected chi connectivity index (χ2v) is 6.12. The van der Waals surface area contributed by atoms with E-state index in [4.69, 9.17) is 4.74 Å². The Kier molecular flexibility index (Phi) is 3.55. The zero-order chi connectivity index (χ0) is 14.2. The number of ether oxygens (including phenoxy) is 1. The molecule has 1 fully saturated rings. The van der Waals surface area contributed by atoms with Crippen LogP contribution in [-0.2, 0) is 14.9 Å². The van der Waals surface area contributed by atoms with Crippen molar-refractivity contribution in [2.45, 2.75) is 38.0 Å². The van der Waals surface area contributed by atoms with Gasteiger partial charge in [-0.15, -0.1) is 0 Å². The Hall–Kier alpha value is -1.35.